The van der Waals surface area contributed by atoms with Crippen LogP contribution >= 0.6 is 0 Å². The van der Waals surface area contributed by atoms with Gasteiger partial charge < -0.3 is 20.1 Å². The number of aliphatic hydroxyl groups is 1. The molecule has 5 nitrogen and oxygen atoms in total. The molecular weight excluding hydrogens is 260 g/mol. The average Bonchev–Trinajstić information content (AvgIpc) is 2.40. The number of fused-ring (bicyclic) bond motifs is 1. The molecular formula is C15H12O5. The Labute approximate surface area is 114 Å². The summed E-state index contributed by atoms with van der Waals surface area (Å²) in [7, 11) is 0. The Morgan fingerprint density at radius 2 is 1.60 bits per heavy atom. The molecule has 0 aromatic heterocycles. The lowest BCUT2D eigenvalue weighted by molar-refractivity contribution is -0.0386. The van der Waals surface area contributed by atoms with Crippen molar-refractivity contribution < 1.29 is 24.9 Å². The minimum absolute atomic E-state index is 0.0353. The van der Waals surface area contributed by atoms with Gasteiger partial charge in [0.2, 0.25) is 6.29 Å². The SMILES string of the molecule is O=C1c2ccc(O)cc2O[C@H](O)[C@H]1c1ccc(O)cc1. The fourth-order valence-corrected chi connectivity index (χ4v) is 2.30. The van der Waals surface area contributed by atoms with Crippen molar-refractivity contribution in [3.05, 3.63) is 53.6 Å². The minimum Gasteiger partial charge on any atom is -0.508 e. The van der Waals surface area contributed by atoms with E-state index in [9.17, 15) is 20.1 Å². The molecule has 0 saturated heterocycles. The zero-order valence-corrected chi connectivity index (χ0v) is 10.4. The fraction of sp³-hybridized carbons (Fsp3) is 0.133. The lowest BCUT2D eigenvalue weighted by Crippen LogP contribution is -2.35. The van der Waals surface area contributed by atoms with Gasteiger partial charge in [-0.3, -0.25) is 4.79 Å². The molecule has 0 unspecified atom stereocenters. The third-order valence-electron chi connectivity index (χ3n) is 3.30. The van der Waals surface area contributed by atoms with Gasteiger partial charge in [0.05, 0.1) is 5.56 Å². The highest BCUT2D eigenvalue weighted by Gasteiger charge is 2.37. The molecule has 3 N–H and O–H groups in total. The number of benzene rings is 2. The van der Waals surface area contributed by atoms with E-state index in [1.54, 1.807) is 12.1 Å². The van der Waals surface area contributed by atoms with Crippen LogP contribution in [0.3, 0.4) is 0 Å². The van der Waals surface area contributed by atoms with E-state index in [-0.39, 0.29) is 23.0 Å². The molecule has 2 atom stereocenters. The molecule has 3 rings (SSSR count). The molecule has 0 fully saturated rings. The number of carbonyl (C=O) groups is 1. The lowest BCUT2D eigenvalue weighted by Gasteiger charge is -2.29. The number of aromatic hydroxyl groups is 2. The summed E-state index contributed by atoms with van der Waals surface area (Å²) in [6.45, 7) is 0. The smallest absolute Gasteiger partial charge is 0.211 e. The summed E-state index contributed by atoms with van der Waals surface area (Å²) in [5.74, 6) is -0.931. The van der Waals surface area contributed by atoms with Crippen molar-refractivity contribution in [1.82, 2.24) is 0 Å². The molecule has 0 radical (unpaired) electrons. The van der Waals surface area contributed by atoms with Gasteiger partial charge in [0.25, 0.3) is 0 Å². The number of aliphatic hydroxyl groups excluding tert-OH is 1. The summed E-state index contributed by atoms with van der Waals surface area (Å²) in [6, 6.07) is 10.2. The molecule has 0 spiro atoms. The Morgan fingerprint density at radius 3 is 2.30 bits per heavy atom. The van der Waals surface area contributed by atoms with Crippen molar-refractivity contribution >= 4 is 5.78 Å². The second-order valence-electron chi connectivity index (χ2n) is 4.62. The average molecular weight is 272 g/mol. The van der Waals surface area contributed by atoms with Crippen molar-refractivity contribution in [2.45, 2.75) is 12.2 Å². The first-order valence-corrected chi connectivity index (χ1v) is 6.07. The maximum absolute atomic E-state index is 12.4. The number of ether oxygens (including phenoxy) is 1. The topological polar surface area (TPSA) is 87.0 Å². The van der Waals surface area contributed by atoms with Crippen LogP contribution in [0.1, 0.15) is 21.8 Å². The van der Waals surface area contributed by atoms with Crippen molar-refractivity contribution in [3.8, 4) is 17.2 Å². The number of phenolic OH excluding ortho intramolecular Hbond substituents is 2. The van der Waals surface area contributed by atoms with Crippen LogP contribution in [0.2, 0.25) is 0 Å². The zero-order chi connectivity index (χ0) is 14.3. The lowest BCUT2D eigenvalue weighted by atomic mass is 9.87. The number of ketones is 1. The van der Waals surface area contributed by atoms with Crippen LogP contribution in [0, 0.1) is 0 Å². The van der Waals surface area contributed by atoms with Gasteiger partial charge in [-0.25, -0.2) is 0 Å². The van der Waals surface area contributed by atoms with Crippen molar-refractivity contribution in [3.63, 3.8) is 0 Å². The van der Waals surface area contributed by atoms with Gasteiger partial charge in [0.1, 0.15) is 23.2 Å². The molecule has 2 aromatic carbocycles. The summed E-state index contributed by atoms with van der Waals surface area (Å²) in [5, 5.41) is 28.7. The summed E-state index contributed by atoms with van der Waals surface area (Å²) in [5.41, 5.74) is 0.866. The standard InChI is InChI=1S/C15H12O5/c16-9-3-1-8(2-4-9)13-14(18)11-6-5-10(17)7-12(11)20-15(13)19/h1-7,13,15-17,19H/t13-,15-/m0/s1. The summed E-state index contributed by atoms with van der Waals surface area (Å²) in [6.07, 6.45) is -1.33. The third-order valence-corrected chi connectivity index (χ3v) is 3.30. The van der Waals surface area contributed by atoms with Crippen molar-refractivity contribution in [2.24, 2.45) is 0 Å². The van der Waals surface area contributed by atoms with Crippen LogP contribution in [-0.2, 0) is 0 Å². The molecule has 1 aliphatic heterocycles. The van der Waals surface area contributed by atoms with Gasteiger partial charge in [0, 0.05) is 6.07 Å². The third kappa shape index (κ3) is 1.98. The van der Waals surface area contributed by atoms with Gasteiger partial charge in [-0.15, -0.1) is 0 Å². The number of Topliss-reactive ketones (excluding diaryl/α,β-unsaturated/α-hetero) is 1. The van der Waals surface area contributed by atoms with Gasteiger partial charge in [-0.2, -0.15) is 0 Å². The van der Waals surface area contributed by atoms with E-state index in [0.29, 0.717) is 11.1 Å². The molecule has 0 aliphatic carbocycles. The first-order chi connectivity index (χ1) is 9.56. The van der Waals surface area contributed by atoms with Gasteiger partial charge in [0.15, 0.2) is 5.78 Å². The van der Waals surface area contributed by atoms with E-state index < -0.39 is 12.2 Å². The predicted octanol–water partition coefficient (Wildman–Crippen LogP) is 1.78. The predicted molar refractivity (Wildman–Crippen MR) is 69.9 cm³/mol. The Balaban J connectivity index is 2.04. The van der Waals surface area contributed by atoms with E-state index in [1.807, 2.05) is 0 Å². The zero-order valence-electron chi connectivity index (χ0n) is 10.4. The van der Waals surface area contributed by atoms with E-state index in [1.165, 1.54) is 30.3 Å². The maximum atomic E-state index is 12.4. The number of phenols is 2. The number of carbonyl (C=O) groups excluding carboxylic acids is 1. The van der Waals surface area contributed by atoms with Crippen LogP contribution in [0.5, 0.6) is 17.2 Å². The second-order valence-corrected chi connectivity index (χ2v) is 4.62. The van der Waals surface area contributed by atoms with E-state index in [4.69, 9.17) is 4.74 Å². The highest BCUT2D eigenvalue weighted by molar-refractivity contribution is 6.04. The van der Waals surface area contributed by atoms with Crippen molar-refractivity contribution in [2.75, 3.05) is 0 Å². The van der Waals surface area contributed by atoms with Crippen LogP contribution in [0.15, 0.2) is 42.5 Å². The van der Waals surface area contributed by atoms with Crippen LogP contribution in [0.4, 0.5) is 0 Å². The molecule has 0 bridgehead atoms. The van der Waals surface area contributed by atoms with Crippen LogP contribution < -0.4 is 4.74 Å². The summed E-state index contributed by atoms with van der Waals surface area (Å²) < 4.78 is 5.29. The molecule has 2 aromatic rings. The molecule has 0 amide bonds. The van der Waals surface area contributed by atoms with Gasteiger partial charge in [-0.05, 0) is 29.8 Å². The fourth-order valence-electron chi connectivity index (χ4n) is 2.30. The Kier molecular flexibility index (Phi) is 2.84. The first-order valence-electron chi connectivity index (χ1n) is 6.07. The molecule has 5 heteroatoms. The number of hydrogen-bond acceptors (Lipinski definition) is 5. The van der Waals surface area contributed by atoms with Crippen LogP contribution in [0.25, 0.3) is 0 Å². The molecule has 1 heterocycles. The Bertz CT molecular complexity index is 662. The maximum Gasteiger partial charge on any atom is 0.211 e. The monoisotopic (exact) mass is 272 g/mol. The molecule has 20 heavy (non-hydrogen) atoms. The van der Waals surface area contributed by atoms with Gasteiger partial charge in [-0.1, -0.05) is 12.1 Å². The summed E-state index contributed by atoms with van der Waals surface area (Å²) >= 11 is 0. The van der Waals surface area contributed by atoms with E-state index >= 15 is 0 Å². The number of hydrogen-bond donors (Lipinski definition) is 3. The largest absolute Gasteiger partial charge is 0.508 e. The Hall–Kier alpha value is -2.53. The molecule has 1 aliphatic rings. The Morgan fingerprint density at radius 1 is 0.950 bits per heavy atom. The van der Waals surface area contributed by atoms with Crippen LogP contribution in [-0.4, -0.2) is 27.4 Å². The molecule has 0 saturated carbocycles. The minimum atomic E-state index is -1.33. The summed E-state index contributed by atoms with van der Waals surface area (Å²) in [4.78, 5) is 12.4. The normalized spacial score (nSPS) is 21.1. The first kappa shape index (κ1) is 12.5. The second kappa shape index (κ2) is 4.54. The van der Waals surface area contributed by atoms with E-state index in [0.717, 1.165) is 0 Å². The van der Waals surface area contributed by atoms with Crippen molar-refractivity contribution in [1.29, 1.82) is 0 Å². The highest BCUT2D eigenvalue weighted by atomic mass is 16.6. The highest BCUT2D eigenvalue weighted by Crippen LogP contribution is 2.37. The molecule has 102 valence electrons. The quantitative estimate of drug-likeness (QED) is 0.736. The number of rotatable bonds is 1. The van der Waals surface area contributed by atoms with E-state index in [2.05, 4.69) is 0 Å². The van der Waals surface area contributed by atoms with Gasteiger partial charge >= 0.3 is 0 Å².